The molecule has 2 amide bonds. The molecule has 0 saturated carbocycles. The van der Waals surface area contributed by atoms with Gasteiger partial charge in [0.25, 0.3) is 11.8 Å². The average Bonchev–Trinajstić information content (AvgIpc) is 3.25. The van der Waals surface area contributed by atoms with Crippen molar-refractivity contribution in [2.75, 3.05) is 31.6 Å². The number of amides is 2. The average molecular weight is 471 g/mol. The van der Waals surface area contributed by atoms with Crippen molar-refractivity contribution in [3.05, 3.63) is 75.6 Å². The van der Waals surface area contributed by atoms with E-state index in [-0.39, 0.29) is 11.8 Å². The van der Waals surface area contributed by atoms with Gasteiger partial charge in [0.15, 0.2) is 0 Å². The van der Waals surface area contributed by atoms with Gasteiger partial charge in [0, 0.05) is 33.7 Å². The van der Waals surface area contributed by atoms with Crippen LogP contribution in [0.3, 0.4) is 0 Å². The van der Waals surface area contributed by atoms with Crippen LogP contribution in [0.1, 0.15) is 20.0 Å². The Morgan fingerprint density at radius 2 is 1.62 bits per heavy atom. The Kier molecular flexibility index (Phi) is 6.08. The van der Waals surface area contributed by atoms with E-state index in [9.17, 15) is 9.59 Å². The number of carbonyl (C=O) groups is 2. The van der Waals surface area contributed by atoms with E-state index in [1.54, 1.807) is 29.2 Å². The molecule has 1 N–H and O–H groups in total. The highest BCUT2D eigenvalue weighted by Crippen LogP contribution is 2.29. The maximum Gasteiger partial charge on any atom is 0.265 e. The summed E-state index contributed by atoms with van der Waals surface area (Å²) < 4.78 is 6.30. The molecular formula is C22H19BrN2O3S. The topological polar surface area (TPSA) is 58.6 Å². The second-order valence-corrected chi connectivity index (χ2v) is 8.61. The van der Waals surface area contributed by atoms with Crippen molar-refractivity contribution in [3.63, 3.8) is 0 Å². The predicted molar refractivity (Wildman–Crippen MR) is 119 cm³/mol. The second-order valence-electron chi connectivity index (χ2n) is 6.61. The lowest BCUT2D eigenvalue weighted by Crippen LogP contribution is -2.40. The van der Waals surface area contributed by atoms with Crippen molar-refractivity contribution in [2.24, 2.45) is 0 Å². The molecule has 4 rings (SSSR count). The zero-order chi connectivity index (χ0) is 20.2. The number of thiophene rings is 1. The van der Waals surface area contributed by atoms with Crippen molar-refractivity contribution in [1.82, 2.24) is 4.90 Å². The maximum absolute atomic E-state index is 12.6. The van der Waals surface area contributed by atoms with Gasteiger partial charge in [-0.25, -0.2) is 0 Å². The third-order valence-electron chi connectivity index (χ3n) is 4.65. The Bertz CT molecular complexity index is 1010. The Labute approximate surface area is 181 Å². The Balaban J connectivity index is 1.41. The number of benzene rings is 2. The van der Waals surface area contributed by atoms with Crippen LogP contribution in [-0.4, -0.2) is 43.0 Å². The molecule has 1 aromatic heterocycles. The van der Waals surface area contributed by atoms with Crippen molar-refractivity contribution in [1.29, 1.82) is 0 Å². The summed E-state index contributed by atoms with van der Waals surface area (Å²) in [6.07, 6.45) is 0. The first-order valence-corrected chi connectivity index (χ1v) is 10.9. The molecule has 3 aromatic rings. The third-order valence-corrected chi connectivity index (χ3v) is 6.31. The number of rotatable bonds is 4. The minimum absolute atomic E-state index is 0.0106. The molecule has 2 aromatic carbocycles. The van der Waals surface area contributed by atoms with Crippen molar-refractivity contribution in [2.45, 2.75) is 0 Å². The van der Waals surface area contributed by atoms with Crippen LogP contribution < -0.4 is 5.32 Å². The van der Waals surface area contributed by atoms with Gasteiger partial charge in [-0.3, -0.25) is 9.59 Å². The van der Waals surface area contributed by atoms with Gasteiger partial charge in [-0.2, -0.15) is 0 Å². The summed E-state index contributed by atoms with van der Waals surface area (Å²) >= 11 is 4.88. The normalized spacial score (nSPS) is 13.9. The summed E-state index contributed by atoms with van der Waals surface area (Å²) in [7, 11) is 0. The van der Waals surface area contributed by atoms with Gasteiger partial charge in [0.05, 0.1) is 18.1 Å². The van der Waals surface area contributed by atoms with E-state index in [2.05, 4.69) is 21.2 Å². The van der Waals surface area contributed by atoms with Crippen LogP contribution in [0.2, 0.25) is 0 Å². The van der Waals surface area contributed by atoms with Gasteiger partial charge in [-0.05, 0) is 54.1 Å². The molecule has 1 aliphatic rings. The number of halogens is 1. The van der Waals surface area contributed by atoms with Crippen LogP contribution in [0.4, 0.5) is 5.69 Å². The number of nitrogens with one attached hydrogen (secondary N) is 1. The number of anilines is 1. The Hall–Kier alpha value is -2.48. The monoisotopic (exact) mass is 470 g/mol. The van der Waals surface area contributed by atoms with E-state index in [1.165, 1.54) is 11.3 Å². The number of hydrogen-bond donors (Lipinski definition) is 1. The predicted octanol–water partition coefficient (Wildman–Crippen LogP) is 4.90. The van der Waals surface area contributed by atoms with Crippen molar-refractivity contribution >= 4 is 44.8 Å². The minimum atomic E-state index is -0.161. The lowest BCUT2D eigenvalue weighted by Gasteiger charge is -2.26. The molecule has 1 aliphatic heterocycles. The fourth-order valence-electron chi connectivity index (χ4n) is 3.07. The second kappa shape index (κ2) is 8.90. The highest BCUT2D eigenvalue weighted by atomic mass is 79.9. The van der Waals surface area contributed by atoms with Gasteiger partial charge in [0.2, 0.25) is 0 Å². The molecular weight excluding hydrogens is 452 g/mol. The molecule has 7 heteroatoms. The van der Waals surface area contributed by atoms with Crippen LogP contribution in [0.5, 0.6) is 0 Å². The van der Waals surface area contributed by atoms with Gasteiger partial charge in [-0.1, -0.05) is 28.1 Å². The first kappa shape index (κ1) is 19.8. The Morgan fingerprint density at radius 1 is 0.931 bits per heavy atom. The number of ether oxygens (including phenoxy) is 1. The van der Waals surface area contributed by atoms with Crippen LogP contribution in [0.25, 0.3) is 10.4 Å². The highest BCUT2D eigenvalue weighted by Gasteiger charge is 2.18. The summed E-state index contributed by atoms with van der Waals surface area (Å²) in [5.74, 6) is -0.172. The molecule has 0 radical (unpaired) electrons. The number of hydrogen-bond acceptors (Lipinski definition) is 4. The number of morpholine rings is 1. The molecule has 1 fully saturated rings. The molecule has 0 aliphatic carbocycles. The lowest BCUT2D eigenvalue weighted by atomic mass is 10.1. The molecule has 5 nitrogen and oxygen atoms in total. The molecule has 148 valence electrons. The third kappa shape index (κ3) is 4.75. The van der Waals surface area contributed by atoms with Gasteiger partial charge >= 0.3 is 0 Å². The first-order chi connectivity index (χ1) is 14.1. The summed E-state index contributed by atoms with van der Waals surface area (Å²) in [6, 6.07) is 18.8. The van der Waals surface area contributed by atoms with Crippen molar-refractivity contribution in [3.8, 4) is 10.4 Å². The van der Waals surface area contributed by atoms with Gasteiger partial charge in [-0.15, -0.1) is 11.3 Å². The van der Waals surface area contributed by atoms with Crippen molar-refractivity contribution < 1.29 is 14.3 Å². The zero-order valence-corrected chi connectivity index (χ0v) is 18.0. The van der Waals surface area contributed by atoms with Crippen LogP contribution in [0.15, 0.2) is 65.1 Å². The van der Waals surface area contributed by atoms with Crippen LogP contribution >= 0.6 is 27.3 Å². The molecule has 2 heterocycles. The minimum Gasteiger partial charge on any atom is -0.378 e. The zero-order valence-electron chi connectivity index (χ0n) is 15.6. The SMILES string of the molecule is O=C(Nc1ccc(C(=O)N2CCOCC2)cc1)c1ccc(-c2ccc(Br)cc2)s1. The number of carbonyl (C=O) groups excluding carboxylic acids is 2. The van der Waals surface area contributed by atoms with Crippen LogP contribution in [0, 0.1) is 0 Å². The van der Waals surface area contributed by atoms with E-state index in [0.29, 0.717) is 42.4 Å². The summed E-state index contributed by atoms with van der Waals surface area (Å²) in [6.45, 7) is 2.36. The summed E-state index contributed by atoms with van der Waals surface area (Å²) in [5, 5.41) is 2.90. The molecule has 29 heavy (non-hydrogen) atoms. The van der Waals surface area contributed by atoms with E-state index >= 15 is 0 Å². The van der Waals surface area contributed by atoms with Gasteiger partial charge in [0.1, 0.15) is 0 Å². The largest absolute Gasteiger partial charge is 0.378 e. The summed E-state index contributed by atoms with van der Waals surface area (Å²) in [4.78, 5) is 28.5. The molecule has 0 unspecified atom stereocenters. The smallest absolute Gasteiger partial charge is 0.265 e. The standard InChI is InChI=1S/C22H19BrN2O3S/c23-17-5-1-15(2-6-17)19-9-10-20(29-19)21(26)24-18-7-3-16(4-8-18)22(27)25-11-13-28-14-12-25/h1-10H,11-14H2,(H,24,26). The van der Waals surface area contributed by atoms with Crippen LogP contribution in [-0.2, 0) is 4.74 Å². The molecule has 0 bridgehead atoms. The molecule has 0 atom stereocenters. The van der Waals surface area contributed by atoms with E-state index < -0.39 is 0 Å². The fraction of sp³-hybridized carbons (Fsp3) is 0.182. The fourth-order valence-corrected chi connectivity index (χ4v) is 4.24. The quantitative estimate of drug-likeness (QED) is 0.589. The molecule has 0 spiro atoms. The van der Waals surface area contributed by atoms with E-state index in [0.717, 1.165) is 14.9 Å². The highest BCUT2D eigenvalue weighted by molar-refractivity contribution is 9.10. The van der Waals surface area contributed by atoms with Gasteiger partial charge < -0.3 is 15.0 Å². The number of nitrogens with zero attached hydrogens (tertiary/aromatic N) is 1. The Morgan fingerprint density at radius 3 is 2.31 bits per heavy atom. The first-order valence-electron chi connectivity index (χ1n) is 9.24. The molecule has 1 saturated heterocycles. The lowest BCUT2D eigenvalue weighted by molar-refractivity contribution is 0.0303. The summed E-state index contributed by atoms with van der Waals surface area (Å²) in [5.41, 5.74) is 2.34. The maximum atomic E-state index is 12.6. The van der Waals surface area contributed by atoms with E-state index in [4.69, 9.17) is 4.74 Å². The van der Waals surface area contributed by atoms with E-state index in [1.807, 2.05) is 36.4 Å².